The quantitative estimate of drug-likeness (QED) is 0.778. The van der Waals surface area contributed by atoms with Crippen LogP contribution < -0.4 is 10.2 Å². The zero-order valence-corrected chi connectivity index (χ0v) is 12.6. The van der Waals surface area contributed by atoms with Crippen molar-refractivity contribution in [3.63, 3.8) is 0 Å². The molecule has 0 aliphatic heterocycles. The maximum Gasteiger partial charge on any atom is 0.227 e. The molecule has 114 valence electrons. The summed E-state index contributed by atoms with van der Waals surface area (Å²) in [4.78, 5) is 16.1. The lowest BCUT2D eigenvalue weighted by molar-refractivity contribution is 0.235. The molecule has 3 aromatic heterocycles. The van der Waals surface area contributed by atoms with Crippen LogP contribution in [0.15, 0.2) is 42.8 Å². The third kappa shape index (κ3) is 2.95. The number of nitrogens with zero attached hydrogens (tertiary/aromatic N) is 1. The number of oxazole rings is 1. The highest BCUT2D eigenvalue weighted by atomic mass is 32.1. The molecule has 0 amide bonds. The molecule has 0 radical (unpaired) electrons. The van der Waals surface area contributed by atoms with E-state index in [0.717, 1.165) is 5.56 Å². The number of hydrogen-bond acceptors (Lipinski definition) is 7. The van der Waals surface area contributed by atoms with E-state index in [-0.39, 0.29) is 30.2 Å². The third-order valence-corrected chi connectivity index (χ3v) is 3.72. The molecule has 6 nitrogen and oxygen atoms in total. The molecule has 0 fully saturated rings. The Kier molecular flexibility index (Phi) is 4.08. The maximum atomic E-state index is 11.8. The second kappa shape index (κ2) is 6.17. The second-order valence-corrected chi connectivity index (χ2v) is 5.34. The van der Waals surface area contributed by atoms with Crippen LogP contribution in [0.3, 0.4) is 0 Å². The minimum atomic E-state index is -0.352. The van der Waals surface area contributed by atoms with E-state index in [1.807, 2.05) is 16.8 Å². The Hall–Kier alpha value is -2.38. The predicted octanol–water partition coefficient (Wildman–Crippen LogP) is 2.74. The van der Waals surface area contributed by atoms with Crippen molar-refractivity contribution in [2.45, 2.75) is 20.1 Å². The molecule has 0 spiro atoms. The van der Waals surface area contributed by atoms with Crippen LogP contribution in [0.5, 0.6) is 5.75 Å². The topological polar surface area (TPSA) is 85.7 Å². The molecule has 0 unspecified atom stereocenters. The molecule has 1 N–H and O–H groups in total. The number of hydrogen-bond donors (Lipinski definition) is 1. The SMILES string of the molecule is Cc1oc(-c2ccsc2)nc1COc1coc(CO)cc1=O. The van der Waals surface area contributed by atoms with Crippen LogP contribution in [0.25, 0.3) is 11.5 Å². The van der Waals surface area contributed by atoms with Crippen LogP contribution in [0.1, 0.15) is 17.2 Å². The van der Waals surface area contributed by atoms with Crippen LogP contribution in [-0.2, 0) is 13.2 Å². The minimum Gasteiger partial charge on any atom is -0.480 e. The monoisotopic (exact) mass is 319 g/mol. The summed E-state index contributed by atoms with van der Waals surface area (Å²) in [5.41, 5.74) is 1.17. The molecule has 0 saturated heterocycles. The van der Waals surface area contributed by atoms with Gasteiger partial charge in [0.15, 0.2) is 0 Å². The largest absolute Gasteiger partial charge is 0.480 e. The van der Waals surface area contributed by atoms with Crippen molar-refractivity contribution in [3.8, 4) is 17.2 Å². The van der Waals surface area contributed by atoms with Gasteiger partial charge >= 0.3 is 0 Å². The van der Waals surface area contributed by atoms with E-state index in [1.54, 1.807) is 18.3 Å². The van der Waals surface area contributed by atoms with Crippen molar-refractivity contribution >= 4 is 11.3 Å². The first-order chi connectivity index (χ1) is 10.7. The summed E-state index contributed by atoms with van der Waals surface area (Å²) < 4.78 is 16.1. The van der Waals surface area contributed by atoms with E-state index in [4.69, 9.17) is 18.7 Å². The molecule has 0 aromatic carbocycles. The molecule has 7 heteroatoms. The summed E-state index contributed by atoms with van der Waals surface area (Å²) in [6, 6.07) is 3.12. The van der Waals surface area contributed by atoms with Crippen LogP contribution in [0.4, 0.5) is 0 Å². The van der Waals surface area contributed by atoms with Gasteiger partial charge in [0.05, 0.1) is 0 Å². The van der Waals surface area contributed by atoms with Gasteiger partial charge in [-0.1, -0.05) is 0 Å². The van der Waals surface area contributed by atoms with Gasteiger partial charge in [-0.05, 0) is 18.4 Å². The van der Waals surface area contributed by atoms with E-state index in [1.165, 1.54) is 12.3 Å². The Bertz CT molecular complexity index is 819. The fraction of sp³-hybridized carbons (Fsp3) is 0.200. The molecular weight excluding hydrogens is 306 g/mol. The van der Waals surface area contributed by atoms with Crippen molar-refractivity contribution in [2.24, 2.45) is 0 Å². The lowest BCUT2D eigenvalue weighted by Gasteiger charge is -2.03. The van der Waals surface area contributed by atoms with E-state index in [0.29, 0.717) is 17.3 Å². The van der Waals surface area contributed by atoms with Gasteiger partial charge in [-0.25, -0.2) is 4.98 Å². The summed E-state index contributed by atoms with van der Waals surface area (Å²) >= 11 is 1.56. The Labute approximate surface area is 129 Å². The van der Waals surface area contributed by atoms with E-state index >= 15 is 0 Å². The summed E-state index contributed by atoms with van der Waals surface area (Å²) in [7, 11) is 0. The van der Waals surface area contributed by atoms with Gasteiger partial charge in [-0.3, -0.25) is 4.79 Å². The number of thiophene rings is 1. The lowest BCUT2D eigenvalue weighted by atomic mass is 10.3. The van der Waals surface area contributed by atoms with Crippen molar-refractivity contribution in [3.05, 3.63) is 56.6 Å². The average Bonchev–Trinajstić information content (AvgIpc) is 3.15. The number of rotatable bonds is 5. The first-order valence-electron chi connectivity index (χ1n) is 6.51. The molecule has 0 atom stereocenters. The molecule has 0 bridgehead atoms. The molecule has 3 rings (SSSR count). The highest BCUT2D eigenvalue weighted by molar-refractivity contribution is 7.08. The van der Waals surface area contributed by atoms with Gasteiger partial charge in [-0.15, -0.1) is 0 Å². The van der Waals surface area contributed by atoms with Gasteiger partial charge in [0.25, 0.3) is 0 Å². The van der Waals surface area contributed by atoms with E-state index < -0.39 is 0 Å². The number of ether oxygens (including phenoxy) is 1. The van der Waals surface area contributed by atoms with Crippen molar-refractivity contribution in [1.29, 1.82) is 0 Å². The zero-order chi connectivity index (χ0) is 15.5. The van der Waals surface area contributed by atoms with Crippen LogP contribution >= 0.6 is 11.3 Å². The van der Waals surface area contributed by atoms with Gasteiger partial charge in [-0.2, -0.15) is 11.3 Å². The number of aliphatic hydroxyl groups excluding tert-OH is 1. The molecule has 22 heavy (non-hydrogen) atoms. The van der Waals surface area contributed by atoms with Crippen molar-refractivity contribution in [2.75, 3.05) is 0 Å². The summed E-state index contributed by atoms with van der Waals surface area (Å²) in [5, 5.41) is 12.8. The number of aryl methyl sites for hydroxylation is 1. The second-order valence-electron chi connectivity index (χ2n) is 4.56. The van der Waals surface area contributed by atoms with Crippen LogP contribution in [0, 0.1) is 6.92 Å². The van der Waals surface area contributed by atoms with Crippen LogP contribution in [-0.4, -0.2) is 10.1 Å². The normalized spacial score (nSPS) is 10.8. The standard InChI is InChI=1S/C15H13NO5S/c1-9-12(16-15(21-9)10-2-3-22-8-10)6-20-14-7-19-11(5-17)4-13(14)18/h2-4,7-8,17H,5-6H2,1H3. The zero-order valence-electron chi connectivity index (χ0n) is 11.7. The Balaban J connectivity index is 1.76. The molecular formula is C15H13NO5S. The van der Waals surface area contributed by atoms with Gasteiger partial charge in [0.1, 0.15) is 36.7 Å². The Morgan fingerprint density at radius 1 is 1.45 bits per heavy atom. The maximum absolute atomic E-state index is 11.8. The Morgan fingerprint density at radius 2 is 2.32 bits per heavy atom. The van der Waals surface area contributed by atoms with Crippen LogP contribution in [0.2, 0.25) is 0 Å². The molecule has 3 heterocycles. The molecule has 0 saturated carbocycles. The smallest absolute Gasteiger partial charge is 0.227 e. The predicted molar refractivity (Wildman–Crippen MR) is 79.8 cm³/mol. The summed E-state index contributed by atoms with van der Waals surface area (Å²) in [6.45, 7) is 1.56. The highest BCUT2D eigenvalue weighted by Crippen LogP contribution is 2.24. The minimum absolute atomic E-state index is 0.0664. The first-order valence-corrected chi connectivity index (χ1v) is 7.46. The molecule has 0 aliphatic carbocycles. The van der Waals surface area contributed by atoms with E-state index in [2.05, 4.69) is 4.98 Å². The van der Waals surface area contributed by atoms with Crippen molar-refractivity contribution in [1.82, 2.24) is 4.98 Å². The van der Waals surface area contributed by atoms with Crippen molar-refractivity contribution < 1.29 is 18.7 Å². The lowest BCUT2D eigenvalue weighted by Crippen LogP contribution is -2.08. The summed E-state index contributed by atoms with van der Waals surface area (Å²) in [6.07, 6.45) is 1.18. The molecule has 3 aromatic rings. The number of aromatic nitrogens is 1. The number of aliphatic hydroxyl groups is 1. The fourth-order valence-corrected chi connectivity index (χ4v) is 2.47. The first kappa shape index (κ1) is 14.6. The Morgan fingerprint density at radius 3 is 3.00 bits per heavy atom. The summed E-state index contributed by atoms with van der Waals surface area (Å²) in [5.74, 6) is 1.42. The molecule has 0 aliphatic rings. The van der Waals surface area contributed by atoms with Gasteiger partial charge in [0.2, 0.25) is 17.1 Å². The average molecular weight is 319 g/mol. The third-order valence-electron chi connectivity index (χ3n) is 3.03. The van der Waals surface area contributed by atoms with E-state index in [9.17, 15) is 4.79 Å². The van der Waals surface area contributed by atoms with Gasteiger partial charge in [0, 0.05) is 17.0 Å². The van der Waals surface area contributed by atoms with Gasteiger partial charge < -0.3 is 18.7 Å². The fourth-order valence-electron chi connectivity index (χ4n) is 1.84. The highest BCUT2D eigenvalue weighted by Gasteiger charge is 2.13.